The minimum atomic E-state index is -0.180. The average Bonchev–Trinajstić information content (AvgIpc) is 2.96. The third-order valence-corrected chi connectivity index (χ3v) is 4.94. The van der Waals surface area contributed by atoms with Gasteiger partial charge in [0.05, 0.1) is 26.8 Å². The highest BCUT2D eigenvalue weighted by Gasteiger charge is 2.27. The summed E-state index contributed by atoms with van der Waals surface area (Å²) in [6.45, 7) is 4.45. The number of nitrogens with zero attached hydrogens (tertiary/aromatic N) is 1. The van der Waals surface area contributed by atoms with Gasteiger partial charge in [-0.15, -0.1) is 0 Å². The van der Waals surface area contributed by atoms with Gasteiger partial charge in [-0.3, -0.25) is 4.79 Å². The number of carbonyl (C=O) groups is 1. The van der Waals surface area contributed by atoms with Gasteiger partial charge in [-0.25, -0.2) is 0 Å². The summed E-state index contributed by atoms with van der Waals surface area (Å²) in [5, 5.41) is 3.08. The monoisotopic (exact) mass is 354 g/mol. The van der Waals surface area contributed by atoms with Gasteiger partial charge in [-0.05, 0) is 50.1 Å². The molecule has 0 aliphatic carbocycles. The zero-order valence-corrected chi connectivity index (χ0v) is 15.8. The SMILES string of the molecule is COc1ccc(OC)c([C@H](C)NC(=O)CN2c3ccccc3C[C@H]2C)c1. The molecule has 1 amide bonds. The molecule has 2 aromatic rings. The van der Waals surface area contributed by atoms with Crippen molar-refractivity contribution in [3.8, 4) is 11.5 Å². The molecule has 2 atom stereocenters. The van der Waals surface area contributed by atoms with Crippen LogP contribution >= 0.6 is 0 Å². The van der Waals surface area contributed by atoms with Crippen LogP contribution in [-0.2, 0) is 11.2 Å². The van der Waals surface area contributed by atoms with Gasteiger partial charge in [-0.1, -0.05) is 18.2 Å². The van der Waals surface area contributed by atoms with Crippen LogP contribution in [-0.4, -0.2) is 32.7 Å². The summed E-state index contributed by atoms with van der Waals surface area (Å²) in [5.41, 5.74) is 3.35. The molecule has 0 radical (unpaired) electrons. The topological polar surface area (TPSA) is 50.8 Å². The first-order valence-electron chi connectivity index (χ1n) is 8.89. The van der Waals surface area contributed by atoms with Crippen molar-refractivity contribution in [1.29, 1.82) is 0 Å². The summed E-state index contributed by atoms with van der Waals surface area (Å²) in [5.74, 6) is 1.47. The lowest BCUT2D eigenvalue weighted by Gasteiger charge is -2.25. The van der Waals surface area contributed by atoms with E-state index in [2.05, 4.69) is 29.3 Å². The van der Waals surface area contributed by atoms with Crippen LogP contribution in [0.5, 0.6) is 11.5 Å². The number of para-hydroxylation sites is 1. The summed E-state index contributed by atoms with van der Waals surface area (Å²) in [4.78, 5) is 14.8. The van der Waals surface area contributed by atoms with E-state index in [4.69, 9.17) is 9.47 Å². The molecule has 1 heterocycles. The van der Waals surface area contributed by atoms with E-state index in [0.29, 0.717) is 12.6 Å². The molecule has 0 saturated heterocycles. The van der Waals surface area contributed by atoms with Crippen LogP contribution in [0.25, 0.3) is 0 Å². The van der Waals surface area contributed by atoms with Crippen molar-refractivity contribution in [2.75, 3.05) is 25.7 Å². The number of anilines is 1. The second kappa shape index (κ2) is 7.68. The van der Waals surface area contributed by atoms with E-state index in [1.54, 1.807) is 14.2 Å². The van der Waals surface area contributed by atoms with Crippen molar-refractivity contribution < 1.29 is 14.3 Å². The van der Waals surface area contributed by atoms with Crippen LogP contribution in [0.15, 0.2) is 42.5 Å². The zero-order valence-electron chi connectivity index (χ0n) is 15.8. The Morgan fingerprint density at radius 2 is 2.00 bits per heavy atom. The number of hydrogen-bond donors (Lipinski definition) is 1. The maximum Gasteiger partial charge on any atom is 0.240 e. The van der Waals surface area contributed by atoms with E-state index in [1.807, 2.05) is 37.3 Å². The van der Waals surface area contributed by atoms with Crippen LogP contribution in [0.4, 0.5) is 5.69 Å². The number of amides is 1. The lowest BCUT2D eigenvalue weighted by Crippen LogP contribution is -2.41. The molecule has 0 spiro atoms. The van der Waals surface area contributed by atoms with Gasteiger partial charge in [0.1, 0.15) is 11.5 Å². The van der Waals surface area contributed by atoms with Crippen LogP contribution in [0.1, 0.15) is 31.0 Å². The second-order valence-corrected chi connectivity index (χ2v) is 6.71. The van der Waals surface area contributed by atoms with Gasteiger partial charge < -0.3 is 19.7 Å². The number of rotatable bonds is 6. The van der Waals surface area contributed by atoms with Crippen molar-refractivity contribution in [3.05, 3.63) is 53.6 Å². The molecule has 0 saturated carbocycles. The number of methoxy groups -OCH3 is 2. The number of hydrogen-bond acceptors (Lipinski definition) is 4. The van der Waals surface area contributed by atoms with Crippen molar-refractivity contribution >= 4 is 11.6 Å². The maximum absolute atomic E-state index is 12.7. The Morgan fingerprint density at radius 1 is 1.23 bits per heavy atom. The number of carbonyl (C=O) groups excluding carboxylic acids is 1. The third kappa shape index (κ3) is 3.62. The summed E-state index contributed by atoms with van der Waals surface area (Å²) in [6.07, 6.45) is 0.975. The van der Waals surface area contributed by atoms with Gasteiger partial charge in [0, 0.05) is 17.3 Å². The van der Waals surface area contributed by atoms with Gasteiger partial charge >= 0.3 is 0 Å². The van der Waals surface area contributed by atoms with E-state index < -0.39 is 0 Å². The van der Waals surface area contributed by atoms with Crippen LogP contribution in [0.3, 0.4) is 0 Å². The van der Waals surface area contributed by atoms with Gasteiger partial charge in [-0.2, -0.15) is 0 Å². The number of ether oxygens (including phenoxy) is 2. The fourth-order valence-electron chi connectivity index (χ4n) is 3.57. The highest BCUT2D eigenvalue weighted by molar-refractivity contribution is 5.83. The zero-order chi connectivity index (χ0) is 18.7. The third-order valence-electron chi connectivity index (χ3n) is 4.94. The number of fused-ring (bicyclic) bond motifs is 1. The molecule has 138 valence electrons. The predicted octanol–water partition coefficient (Wildman–Crippen LogP) is 3.33. The largest absolute Gasteiger partial charge is 0.497 e. The Labute approximate surface area is 154 Å². The maximum atomic E-state index is 12.7. The fourth-order valence-corrected chi connectivity index (χ4v) is 3.57. The molecule has 0 aromatic heterocycles. The van der Waals surface area contributed by atoms with E-state index in [0.717, 1.165) is 29.2 Å². The Kier molecular flexibility index (Phi) is 5.35. The molecule has 1 aliphatic rings. The first-order chi connectivity index (χ1) is 12.5. The van der Waals surface area contributed by atoms with Crippen LogP contribution in [0, 0.1) is 0 Å². The smallest absolute Gasteiger partial charge is 0.240 e. The van der Waals surface area contributed by atoms with Crippen molar-refractivity contribution in [3.63, 3.8) is 0 Å². The van der Waals surface area contributed by atoms with Gasteiger partial charge in [0.2, 0.25) is 5.91 Å². The molecule has 5 nitrogen and oxygen atoms in total. The summed E-state index contributed by atoms with van der Waals surface area (Å²) >= 11 is 0. The standard InChI is InChI=1S/C21H26N2O3/c1-14-11-16-7-5-6-8-19(16)23(14)13-21(24)22-15(2)18-12-17(25-3)9-10-20(18)26-4/h5-10,12,14-15H,11,13H2,1-4H3,(H,22,24)/t14-,15+/m1/s1. The van der Waals surface area contributed by atoms with Gasteiger partial charge in [0.15, 0.2) is 0 Å². The fraction of sp³-hybridized carbons (Fsp3) is 0.381. The molecule has 0 bridgehead atoms. The van der Waals surface area contributed by atoms with Crippen molar-refractivity contribution in [2.24, 2.45) is 0 Å². The summed E-state index contributed by atoms with van der Waals surface area (Å²) in [6, 6.07) is 14.0. The lowest BCUT2D eigenvalue weighted by molar-refractivity contribution is -0.120. The molecule has 2 aromatic carbocycles. The number of nitrogens with one attached hydrogen (secondary N) is 1. The summed E-state index contributed by atoms with van der Waals surface area (Å²) < 4.78 is 10.7. The van der Waals surface area contributed by atoms with E-state index >= 15 is 0 Å². The lowest BCUT2D eigenvalue weighted by atomic mass is 10.1. The van der Waals surface area contributed by atoms with E-state index in [1.165, 1.54) is 5.56 Å². The second-order valence-electron chi connectivity index (χ2n) is 6.71. The Morgan fingerprint density at radius 3 is 2.73 bits per heavy atom. The average molecular weight is 354 g/mol. The molecule has 3 rings (SSSR count). The summed E-state index contributed by atoms with van der Waals surface area (Å²) in [7, 11) is 3.25. The Bertz CT molecular complexity index is 791. The van der Waals surface area contributed by atoms with Gasteiger partial charge in [0.25, 0.3) is 0 Å². The minimum Gasteiger partial charge on any atom is -0.497 e. The minimum absolute atomic E-state index is 0.00840. The number of benzene rings is 2. The Hall–Kier alpha value is -2.69. The highest BCUT2D eigenvalue weighted by Crippen LogP contribution is 2.32. The molecule has 26 heavy (non-hydrogen) atoms. The normalized spacial score (nSPS) is 16.8. The molecule has 0 unspecified atom stereocenters. The van der Waals surface area contributed by atoms with Crippen molar-refractivity contribution in [1.82, 2.24) is 5.32 Å². The molecule has 0 fully saturated rings. The molecule has 1 N–H and O–H groups in total. The molecule has 1 aliphatic heterocycles. The molecule has 5 heteroatoms. The first kappa shape index (κ1) is 18.1. The molecular formula is C21H26N2O3. The quantitative estimate of drug-likeness (QED) is 0.864. The highest BCUT2D eigenvalue weighted by atomic mass is 16.5. The van der Waals surface area contributed by atoms with E-state index in [9.17, 15) is 4.79 Å². The molecular weight excluding hydrogens is 328 g/mol. The first-order valence-corrected chi connectivity index (χ1v) is 8.89. The predicted molar refractivity (Wildman–Crippen MR) is 103 cm³/mol. The van der Waals surface area contributed by atoms with Crippen LogP contribution < -0.4 is 19.7 Å². The van der Waals surface area contributed by atoms with Crippen LogP contribution in [0.2, 0.25) is 0 Å². The van der Waals surface area contributed by atoms with E-state index in [-0.39, 0.29) is 11.9 Å². The Balaban J connectivity index is 1.71. The van der Waals surface area contributed by atoms with Crippen molar-refractivity contribution in [2.45, 2.75) is 32.4 Å².